The summed E-state index contributed by atoms with van der Waals surface area (Å²) in [7, 11) is -6.94. The zero-order chi connectivity index (χ0) is 22.6. The number of rotatable bonds is 8. The van der Waals surface area contributed by atoms with Gasteiger partial charge in [-0.05, 0) is 55.8 Å². The molecule has 2 heterocycles. The van der Waals surface area contributed by atoms with Crippen LogP contribution in [0.2, 0.25) is 0 Å². The van der Waals surface area contributed by atoms with Crippen molar-refractivity contribution in [1.82, 2.24) is 9.21 Å². The molecule has 3 fully saturated rings. The molecule has 32 heavy (non-hydrogen) atoms. The third-order valence-corrected chi connectivity index (χ3v) is 10.9. The highest BCUT2D eigenvalue weighted by Crippen LogP contribution is 2.33. The molecule has 0 spiro atoms. The number of hydrogen-bond acceptors (Lipinski definition) is 6. The van der Waals surface area contributed by atoms with E-state index >= 15 is 0 Å². The van der Waals surface area contributed by atoms with E-state index in [0.717, 1.165) is 19.6 Å². The molecule has 0 N–H and O–H groups in total. The Kier molecular flexibility index (Phi) is 7.93. The summed E-state index contributed by atoms with van der Waals surface area (Å²) in [6, 6.07) is 6.88. The van der Waals surface area contributed by atoms with Crippen LogP contribution in [0, 0.1) is 0 Å². The molecular weight excluding hydrogens is 448 g/mol. The van der Waals surface area contributed by atoms with E-state index in [2.05, 4.69) is 4.90 Å². The van der Waals surface area contributed by atoms with E-state index < -0.39 is 25.9 Å². The quantitative estimate of drug-likeness (QED) is 0.564. The fraction of sp³-hybridized carbons (Fsp3) is 0.739. The SMILES string of the molecule is O=S1(=O)CC[C@H](N(CCCN2CCOCC2)S(=O)(=O)c2ccc(C3CCCCC3)cc2)C1. The summed E-state index contributed by atoms with van der Waals surface area (Å²) in [5.41, 5.74) is 1.21. The second-order valence-electron chi connectivity index (χ2n) is 9.38. The lowest BCUT2D eigenvalue weighted by atomic mass is 9.84. The molecule has 180 valence electrons. The smallest absolute Gasteiger partial charge is 0.243 e. The molecule has 9 heteroatoms. The van der Waals surface area contributed by atoms with Crippen LogP contribution in [0.1, 0.15) is 56.4 Å². The maximum Gasteiger partial charge on any atom is 0.243 e. The highest BCUT2D eigenvalue weighted by molar-refractivity contribution is 7.92. The summed E-state index contributed by atoms with van der Waals surface area (Å²) in [6.45, 7) is 4.24. The molecule has 3 aliphatic rings. The minimum Gasteiger partial charge on any atom is -0.379 e. The summed E-state index contributed by atoms with van der Waals surface area (Å²) in [6.07, 6.45) is 7.14. The minimum absolute atomic E-state index is 0.0633. The number of nitrogens with zero attached hydrogens (tertiary/aromatic N) is 2. The first-order chi connectivity index (χ1) is 15.4. The van der Waals surface area contributed by atoms with Gasteiger partial charge in [0.25, 0.3) is 0 Å². The van der Waals surface area contributed by atoms with Crippen molar-refractivity contribution in [1.29, 1.82) is 0 Å². The van der Waals surface area contributed by atoms with E-state index in [1.807, 2.05) is 12.1 Å². The lowest BCUT2D eigenvalue weighted by Gasteiger charge is -2.30. The van der Waals surface area contributed by atoms with Gasteiger partial charge < -0.3 is 4.74 Å². The molecule has 4 rings (SSSR count). The zero-order valence-electron chi connectivity index (χ0n) is 18.8. The summed E-state index contributed by atoms with van der Waals surface area (Å²) >= 11 is 0. The van der Waals surface area contributed by atoms with E-state index in [1.54, 1.807) is 12.1 Å². The van der Waals surface area contributed by atoms with Crippen molar-refractivity contribution in [3.8, 4) is 0 Å². The Bertz CT molecular complexity index is 951. The number of hydrogen-bond donors (Lipinski definition) is 0. The molecule has 0 unspecified atom stereocenters. The summed E-state index contributed by atoms with van der Waals surface area (Å²) in [4.78, 5) is 2.55. The molecule has 0 bridgehead atoms. The van der Waals surface area contributed by atoms with Gasteiger partial charge in [0.15, 0.2) is 9.84 Å². The first-order valence-corrected chi connectivity index (χ1v) is 15.2. The van der Waals surface area contributed by atoms with Crippen LogP contribution in [0.3, 0.4) is 0 Å². The third kappa shape index (κ3) is 5.91. The van der Waals surface area contributed by atoms with Crippen LogP contribution in [0.5, 0.6) is 0 Å². The van der Waals surface area contributed by atoms with Crippen molar-refractivity contribution in [3.63, 3.8) is 0 Å². The number of ether oxygens (including phenoxy) is 1. The molecule has 2 saturated heterocycles. The van der Waals surface area contributed by atoms with Crippen molar-refractivity contribution in [2.45, 2.75) is 61.8 Å². The van der Waals surface area contributed by atoms with Gasteiger partial charge in [-0.15, -0.1) is 0 Å². The molecule has 1 saturated carbocycles. The Morgan fingerprint density at radius 2 is 1.69 bits per heavy atom. The van der Waals surface area contributed by atoms with E-state index in [-0.39, 0.29) is 16.4 Å². The van der Waals surface area contributed by atoms with E-state index in [4.69, 9.17) is 4.74 Å². The molecule has 0 aromatic heterocycles. The molecule has 1 aliphatic carbocycles. The van der Waals surface area contributed by atoms with Crippen molar-refractivity contribution in [2.24, 2.45) is 0 Å². The predicted molar refractivity (Wildman–Crippen MR) is 125 cm³/mol. The van der Waals surface area contributed by atoms with E-state index in [0.29, 0.717) is 38.5 Å². The average Bonchev–Trinajstić information content (AvgIpc) is 3.17. The van der Waals surface area contributed by atoms with Crippen LogP contribution in [0.15, 0.2) is 29.2 Å². The largest absolute Gasteiger partial charge is 0.379 e. The summed E-state index contributed by atoms with van der Waals surface area (Å²) in [5, 5.41) is 0. The normalized spacial score (nSPS) is 25.3. The number of sulfone groups is 1. The Morgan fingerprint density at radius 1 is 1.00 bits per heavy atom. The van der Waals surface area contributed by atoms with Gasteiger partial charge in [0.2, 0.25) is 10.0 Å². The van der Waals surface area contributed by atoms with Crippen LogP contribution in [-0.4, -0.2) is 83.0 Å². The van der Waals surface area contributed by atoms with Crippen molar-refractivity contribution >= 4 is 19.9 Å². The summed E-state index contributed by atoms with van der Waals surface area (Å²) in [5.74, 6) is 0.502. The number of morpholine rings is 1. The van der Waals surface area contributed by atoms with Crippen LogP contribution in [0.25, 0.3) is 0 Å². The maximum atomic E-state index is 13.6. The van der Waals surface area contributed by atoms with Gasteiger partial charge in [-0.25, -0.2) is 16.8 Å². The van der Waals surface area contributed by atoms with Crippen LogP contribution in [-0.2, 0) is 24.6 Å². The standard InChI is InChI=1S/C23H36N2O5S2/c26-31(27)18-11-22(19-31)25(13-4-12-24-14-16-30-17-15-24)32(28,29)23-9-7-21(8-10-23)20-5-2-1-3-6-20/h7-10,20,22H,1-6,11-19H2/t22-/m0/s1. The molecule has 0 radical (unpaired) electrons. The highest BCUT2D eigenvalue weighted by atomic mass is 32.2. The molecule has 0 amide bonds. The average molecular weight is 485 g/mol. The zero-order valence-corrected chi connectivity index (χ0v) is 20.5. The van der Waals surface area contributed by atoms with Gasteiger partial charge in [-0.1, -0.05) is 31.4 Å². The Labute approximate surface area is 193 Å². The molecule has 1 aromatic carbocycles. The molecule has 2 aliphatic heterocycles. The van der Waals surface area contributed by atoms with Gasteiger partial charge in [0.05, 0.1) is 29.6 Å². The van der Waals surface area contributed by atoms with Gasteiger partial charge in [0, 0.05) is 25.7 Å². The topological polar surface area (TPSA) is 84.0 Å². The number of benzene rings is 1. The van der Waals surface area contributed by atoms with Crippen LogP contribution < -0.4 is 0 Å². The van der Waals surface area contributed by atoms with Crippen LogP contribution >= 0.6 is 0 Å². The second kappa shape index (κ2) is 10.5. The Hall–Kier alpha value is -1.00. The first-order valence-electron chi connectivity index (χ1n) is 12.0. The van der Waals surface area contributed by atoms with Gasteiger partial charge in [-0.2, -0.15) is 4.31 Å². The Morgan fingerprint density at radius 3 is 2.31 bits per heavy atom. The molecule has 1 aromatic rings. The van der Waals surface area contributed by atoms with Crippen LogP contribution in [0.4, 0.5) is 0 Å². The maximum absolute atomic E-state index is 13.6. The predicted octanol–water partition coefficient (Wildman–Crippen LogP) is 2.63. The third-order valence-electron chi connectivity index (χ3n) is 7.14. The number of sulfonamides is 1. The lowest BCUT2D eigenvalue weighted by Crippen LogP contribution is -2.43. The monoisotopic (exact) mass is 484 g/mol. The van der Waals surface area contributed by atoms with Gasteiger partial charge >= 0.3 is 0 Å². The van der Waals surface area contributed by atoms with Gasteiger partial charge in [-0.3, -0.25) is 4.90 Å². The van der Waals surface area contributed by atoms with Crippen molar-refractivity contribution in [2.75, 3.05) is 50.9 Å². The first kappa shape index (κ1) is 24.1. The fourth-order valence-corrected chi connectivity index (χ4v) is 8.78. The van der Waals surface area contributed by atoms with E-state index in [9.17, 15) is 16.8 Å². The molecular formula is C23H36N2O5S2. The van der Waals surface area contributed by atoms with Gasteiger partial charge in [0.1, 0.15) is 0 Å². The highest BCUT2D eigenvalue weighted by Gasteiger charge is 2.38. The lowest BCUT2D eigenvalue weighted by molar-refractivity contribution is 0.0367. The molecule has 1 atom stereocenters. The fourth-order valence-electron chi connectivity index (χ4n) is 5.26. The summed E-state index contributed by atoms with van der Waals surface area (Å²) < 4.78 is 58.3. The van der Waals surface area contributed by atoms with E-state index in [1.165, 1.54) is 42.0 Å². The minimum atomic E-state index is -3.76. The Balaban J connectivity index is 1.49. The molecule has 7 nitrogen and oxygen atoms in total. The second-order valence-corrected chi connectivity index (χ2v) is 13.5. The van der Waals surface area contributed by atoms with Crippen molar-refractivity contribution in [3.05, 3.63) is 29.8 Å². The van der Waals surface area contributed by atoms with Crippen molar-refractivity contribution < 1.29 is 21.6 Å².